The number of nitrogens with zero attached hydrogens (tertiary/aromatic N) is 1. The van der Waals surface area contributed by atoms with Crippen molar-refractivity contribution >= 4 is 5.91 Å². The lowest BCUT2D eigenvalue weighted by molar-refractivity contribution is -0.135. The molecular formula is C11H22N2O2. The second-order valence-electron chi connectivity index (χ2n) is 4.15. The first-order valence-corrected chi connectivity index (χ1v) is 5.75. The fourth-order valence-corrected chi connectivity index (χ4v) is 1.82. The zero-order valence-corrected chi connectivity index (χ0v) is 9.95. The Labute approximate surface area is 92.0 Å². The molecule has 1 heterocycles. The number of piperazine rings is 1. The van der Waals surface area contributed by atoms with Crippen molar-refractivity contribution in [3.63, 3.8) is 0 Å². The molecule has 2 unspecified atom stereocenters. The van der Waals surface area contributed by atoms with Gasteiger partial charge in [-0.1, -0.05) is 0 Å². The SMILES string of the molecule is CCOCCC(=O)N1CC(C)NCC1C. The summed E-state index contributed by atoms with van der Waals surface area (Å²) >= 11 is 0. The zero-order valence-electron chi connectivity index (χ0n) is 9.95. The molecule has 88 valence electrons. The van der Waals surface area contributed by atoms with E-state index in [1.54, 1.807) is 0 Å². The van der Waals surface area contributed by atoms with E-state index in [1.807, 2.05) is 11.8 Å². The topological polar surface area (TPSA) is 41.6 Å². The van der Waals surface area contributed by atoms with E-state index in [9.17, 15) is 4.79 Å². The van der Waals surface area contributed by atoms with Crippen LogP contribution < -0.4 is 5.32 Å². The van der Waals surface area contributed by atoms with Crippen LogP contribution in [0.5, 0.6) is 0 Å². The Kier molecular flexibility index (Phi) is 5.05. The number of nitrogens with one attached hydrogen (secondary N) is 1. The highest BCUT2D eigenvalue weighted by Crippen LogP contribution is 2.08. The van der Waals surface area contributed by atoms with Gasteiger partial charge in [0.2, 0.25) is 5.91 Å². The Balaban J connectivity index is 2.35. The molecule has 1 fully saturated rings. The van der Waals surface area contributed by atoms with Gasteiger partial charge in [-0.15, -0.1) is 0 Å². The van der Waals surface area contributed by atoms with E-state index in [0.29, 0.717) is 31.7 Å². The summed E-state index contributed by atoms with van der Waals surface area (Å²) in [5.41, 5.74) is 0. The minimum absolute atomic E-state index is 0.212. The molecule has 0 radical (unpaired) electrons. The summed E-state index contributed by atoms with van der Waals surface area (Å²) in [6.45, 7) is 9.06. The van der Waals surface area contributed by atoms with E-state index in [0.717, 1.165) is 13.1 Å². The van der Waals surface area contributed by atoms with Crippen molar-refractivity contribution in [2.45, 2.75) is 39.3 Å². The van der Waals surface area contributed by atoms with Gasteiger partial charge in [-0.25, -0.2) is 0 Å². The highest BCUT2D eigenvalue weighted by molar-refractivity contribution is 5.76. The smallest absolute Gasteiger partial charge is 0.225 e. The van der Waals surface area contributed by atoms with Crippen LogP contribution in [0.25, 0.3) is 0 Å². The van der Waals surface area contributed by atoms with Crippen LogP contribution >= 0.6 is 0 Å². The number of carbonyl (C=O) groups excluding carboxylic acids is 1. The van der Waals surface area contributed by atoms with E-state index in [-0.39, 0.29) is 5.91 Å². The highest BCUT2D eigenvalue weighted by Gasteiger charge is 2.25. The summed E-state index contributed by atoms with van der Waals surface area (Å²) in [5, 5.41) is 3.36. The number of amides is 1. The van der Waals surface area contributed by atoms with Gasteiger partial charge in [-0.2, -0.15) is 0 Å². The minimum Gasteiger partial charge on any atom is -0.381 e. The van der Waals surface area contributed by atoms with E-state index in [4.69, 9.17) is 4.74 Å². The number of hydrogen-bond donors (Lipinski definition) is 1. The van der Waals surface area contributed by atoms with Crippen LogP contribution in [0, 0.1) is 0 Å². The Morgan fingerprint density at radius 3 is 2.93 bits per heavy atom. The third-order valence-corrected chi connectivity index (χ3v) is 2.75. The third-order valence-electron chi connectivity index (χ3n) is 2.75. The zero-order chi connectivity index (χ0) is 11.3. The van der Waals surface area contributed by atoms with Crippen LogP contribution in [-0.2, 0) is 9.53 Å². The summed E-state index contributed by atoms with van der Waals surface area (Å²) in [5.74, 6) is 0.212. The molecule has 0 aromatic carbocycles. The lowest BCUT2D eigenvalue weighted by atomic mass is 10.1. The molecule has 1 rings (SSSR count). The third kappa shape index (κ3) is 3.80. The Morgan fingerprint density at radius 2 is 2.27 bits per heavy atom. The van der Waals surface area contributed by atoms with Crippen molar-refractivity contribution in [2.24, 2.45) is 0 Å². The normalized spacial score (nSPS) is 26.7. The maximum absolute atomic E-state index is 11.8. The van der Waals surface area contributed by atoms with Gasteiger partial charge in [0.15, 0.2) is 0 Å². The number of rotatable bonds is 4. The summed E-state index contributed by atoms with van der Waals surface area (Å²) in [6.07, 6.45) is 0.505. The van der Waals surface area contributed by atoms with Crippen molar-refractivity contribution in [3.05, 3.63) is 0 Å². The van der Waals surface area contributed by atoms with Gasteiger partial charge in [-0.3, -0.25) is 4.79 Å². The van der Waals surface area contributed by atoms with E-state index in [2.05, 4.69) is 19.2 Å². The minimum atomic E-state index is 0.212. The summed E-state index contributed by atoms with van der Waals surface area (Å²) in [7, 11) is 0. The molecule has 4 nitrogen and oxygen atoms in total. The van der Waals surface area contributed by atoms with E-state index < -0.39 is 0 Å². The van der Waals surface area contributed by atoms with Crippen LogP contribution in [0.15, 0.2) is 0 Å². The standard InChI is InChI=1S/C11H22N2O2/c1-4-15-6-5-11(14)13-8-9(2)12-7-10(13)3/h9-10,12H,4-8H2,1-3H3. The highest BCUT2D eigenvalue weighted by atomic mass is 16.5. The molecular weight excluding hydrogens is 192 g/mol. The molecule has 0 aromatic heterocycles. The monoisotopic (exact) mass is 214 g/mol. The molecule has 2 atom stereocenters. The Hall–Kier alpha value is -0.610. The van der Waals surface area contributed by atoms with Crippen molar-refractivity contribution in [3.8, 4) is 0 Å². The molecule has 1 amide bonds. The first-order chi connectivity index (χ1) is 7.15. The molecule has 15 heavy (non-hydrogen) atoms. The van der Waals surface area contributed by atoms with Gasteiger partial charge in [0.05, 0.1) is 13.0 Å². The lowest BCUT2D eigenvalue weighted by Gasteiger charge is -2.37. The molecule has 0 spiro atoms. The van der Waals surface area contributed by atoms with E-state index in [1.165, 1.54) is 0 Å². The first-order valence-electron chi connectivity index (χ1n) is 5.75. The number of hydrogen-bond acceptors (Lipinski definition) is 3. The van der Waals surface area contributed by atoms with Gasteiger partial charge in [-0.05, 0) is 20.8 Å². The fraction of sp³-hybridized carbons (Fsp3) is 0.909. The Morgan fingerprint density at radius 1 is 1.53 bits per heavy atom. The maximum Gasteiger partial charge on any atom is 0.225 e. The van der Waals surface area contributed by atoms with Crippen molar-refractivity contribution in [1.82, 2.24) is 10.2 Å². The fourth-order valence-electron chi connectivity index (χ4n) is 1.82. The predicted octanol–water partition coefficient (Wildman–Crippen LogP) is 0.622. The molecule has 1 saturated heterocycles. The van der Waals surface area contributed by atoms with E-state index >= 15 is 0 Å². The van der Waals surface area contributed by atoms with Crippen LogP contribution in [0.2, 0.25) is 0 Å². The van der Waals surface area contributed by atoms with Gasteiger partial charge in [0.1, 0.15) is 0 Å². The van der Waals surface area contributed by atoms with Gasteiger partial charge < -0.3 is 15.0 Å². The quantitative estimate of drug-likeness (QED) is 0.698. The first kappa shape index (κ1) is 12.5. The van der Waals surface area contributed by atoms with Crippen molar-refractivity contribution < 1.29 is 9.53 Å². The molecule has 1 N–H and O–H groups in total. The molecule has 1 aliphatic rings. The molecule has 0 aliphatic carbocycles. The molecule has 0 saturated carbocycles. The van der Waals surface area contributed by atoms with Crippen LogP contribution in [0.3, 0.4) is 0 Å². The van der Waals surface area contributed by atoms with Gasteiger partial charge in [0, 0.05) is 31.8 Å². The van der Waals surface area contributed by atoms with Crippen LogP contribution in [0.1, 0.15) is 27.2 Å². The predicted molar refractivity (Wildman–Crippen MR) is 59.7 cm³/mol. The Bertz CT molecular complexity index is 209. The molecule has 1 aliphatic heterocycles. The van der Waals surface area contributed by atoms with Gasteiger partial charge >= 0.3 is 0 Å². The van der Waals surface area contributed by atoms with Crippen molar-refractivity contribution in [1.29, 1.82) is 0 Å². The molecule has 4 heteroatoms. The second-order valence-corrected chi connectivity index (χ2v) is 4.15. The average molecular weight is 214 g/mol. The molecule has 0 bridgehead atoms. The van der Waals surface area contributed by atoms with Gasteiger partial charge in [0.25, 0.3) is 0 Å². The number of ether oxygens (including phenoxy) is 1. The molecule has 0 aromatic rings. The summed E-state index contributed by atoms with van der Waals surface area (Å²) < 4.78 is 5.19. The largest absolute Gasteiger partial charge is 0.381 e. The lowest BCUT2D eigenvalue weighted by Crippen LogP contribution is -2.56. The maximum atomic E-state index is 11.8. The van der Waals surface area contributed by atoms with Crippen LogP contribution in [0.4, 0.5) is 0 Å². The average Bonchev–Trinajstić information content (AvgIpc) is 2.22. The van der Waals surface area contributed by atoms with Crippen LogP contribution in [-0.4, -0.2) is 49.2 Å². The summed E-state index contributed by atoms with van der Waals surface area (Å²) in [4.78, 5) is 13.8. The second kappa shape index (κ2) is 6.08. The summed E-state index contributed by atoms with van der Waals surface area (Å²) in [6, 6.07) is 0.701. The number of carbonyl (C=O) groups is 1. The van der Waals surface area contributed by atoms with Crippen molar-refractivity contribution in [2.75, 3.05) is 26.3 Å².